The van der Waals surface area contributed by atoms with Gasteiger partial charge in [-0.3, -0.25) is 0 Å². The molecule has 76 valence electrons. The number of hydrogen-bond acceptors (Lipinski definition) is 1. The van der Waals surface area contributed by atoms with Gasteiger partial charge in [0, 0.05) is 6.04 Å². The van der Waals surface area contributed by atoms with E-state index in [4.69, 9.17) is 0 Å². The highest BCUT2D eigenvalue weighted by molar-refractivity contribution is 5.85. The van der Waals surface area contributed by atoms with Crippen LogP contribution >= 0.6 is 24.8 Å². The molecular weight excluding hydrogens is 205 g/mol. The second-order valence-corrected chi connectivity index (χ2v) is 2.88. The summed E-state index contributed by atoms with van der Waals surface area (Å²) in [7, 11) is 1.99. The summed E-state index contributed by atoms with van der Waals surface area (Å²) in [6.45, 7) is 2.19. The van der Waals surface area contributed by atoms with E-state index in [1.807, 2.05) is 13.1 Å². The minimum absolute atomic E-state index is 0. The van der Waals surface area contributed by atoms with Crippen LogP contribution in [0.4, 0.5) is 0 Å². The van der Waals surface area contributed by atoms with Crippen LogP contribution in [0, 0.1) is 0 Å². The van der Waals surface area contributed by atoms with Gasteiger partial charge in [0.1, 0.15) is 0 Å². The van der Waals surface area contributed by atoms with Crippen molar-refractivity contribution in [3.8, 4) is 0 Å². The largest absolute Gasteiger partial charge is 0.317 e. The number of benzene rings is 1. The summed E-state index contributed by atoms with van der Waals surface area (Å²) in [5.41, 5.74) is 1.40. The molecule has 1 nitrogen and oxygen atoms in total. The molecule has 1 aromatic carbocycles. The number of nitrogens with one attached hydrogen (secondary N) is 1. The number of halogens is 2. The maximum atomic E-state index is 3.21. The van der Waals surface area contributed by atoms with Gasteiger partial charge in [-0.2, -0.15) is 0 Å². The van der Waals surface area contributed by atoms with Crippen molar-refractivity contribution in [1.82, 2.24) is 5.32 Å². The molecular formula is C10H17Cl2N. The van der Waals surface area contributed by atoms with Crippen LogP contribution in [0.15, 0.2) is 30.3 Å². The van der Waals surface area contributed by atoms with Gasteiger partial charge in [0.2, 0.25) is 0 Å². The normalized spacial score (nSPS) is 10.9. The molecule has 3 heteroatoms. The number of hydrogen-bond donors (Lipinski definition) is 1. The smallest absolute Gasteiger partial charge is 0.00761 e. The summed E-state index contributed by atoms with van der Waals surface area (Å²) in [5.74, 6) is 0. The van der Waals surface area contributed by atoms with Gasteiger partial charge < -0.3 is 5.32 Å². The van der Waals surface area contributed by atoms with E-state index in [2.05, 4.69) is 36.5 Å². The van der Waals surface area contributed by atoms with Crippen molar-refractivity contribution in [1.29, 1.82) is 0 Å². The molecule has 0 aliphatic rings. The van der Waals surface area contributed by atoms with Gasteiger partial charge in [-0.15, -0.1) is 24.8 Å². The Bertz CT molecular complexity index is 201. The minimum atomic E-state index is 0. The fraction of sp³-hybridized carbons (Fsp3) is 0.400. The van der Waals surface area contributed by atoms with Gasteiger partial charge in [-0.05, 0) is 26.0 Å². The summed E-state index contributed by atoms with van der Waals surface area (Å²) < 4.78 is 0. The van der Waals surface area contributed by atoms with Crippen LogP contribution in [0.1, 0.15) is 12.5 Å². The van der Waals surface area contributed by atoms with Crippen LogP contribution in [0.5, 0.6) is 0 Å². The van der Waals surface area contributed by atoms with Crippen molar-refractivity contribution in [2.24, 2.45) is 0 Å². The van der Waals surface area contributed by atoms with Gasteiger partial charge in [0.05, 0.1) is 0 Å². The first kappa shape index (κ1) is 15.2. The van der Waals surface area contributed by atoms with Gasteiger partial charge >= 0.3 is 0 Å². The molecule has 0 fully saturated rings. The number of rotatable bonds is 3. The third-order valence-corrected chi connectivity index (χ3v) is 1.88. The maximum Gasteiger partial charge on any atom is 0.00761 e. The van der Waals surface area contributed by atoms with Crippen molar-refractivity contribution >= 4 is 24.8 Å². The first-order valence-corrected chi connectivity index (χ1v) is 4.04. The molecule has 0 amide bonds. The van der Waals surface area contributed by atoms with E-state index >= 15 is 0 Å². The zero-order chi connectivity index (χ0) is 8.10. The SMILES string of the molecule is CNC(C)Cc1ccccc1.Cl.Cl. The van der Waals surface area contributed by atoms with Crippen molar-refractivity contribution in [2.75, 3.05) is 7.05 Å². The Kier molecular flexibility index (Phi) is 9.80. The van der Waals surface area contributed by atoms with Crippen molar-refractivity contribution in [2.45, 2.75) is 19.4 Å². The molecule has 1 N–H and O–H groups in total. The first-order chi connectivity index (χ1) is 5.33. The van der Waals surface area contributed by atoms with Gasteiger partial charge in [0.15, 0.2) is 0 Å². The van der Waals surface area contributed by atoms with Gasteiger partial charge in [0.25, 0.3) is 0 Å². The molecule has 0 bridgehead atoms. The zero-order valence-corrected chi connectivity index (χ0v) is 9.62. The second kappa shape index (κ2) is 8.36. The summed E-state index contributed by atoms with van der Waals surface area (Å²) >= 11 is 0. The van der Waals surface area contributed by atoms with Crippen molar-refractivity contribution in [3.05, 3.63) is 35.9 Å². The molecule has 0 aliphatic carbocycles. The quantitative estimate of drug-likeness (QED) is 0.829. The minimum Gasteiger partial charge on any atom is -0.317 e. The molecule has 0 saturated carbocycles. The molecule has 0 heterocycles. The summed E-state index contributed by atoms with van der Waals surface area (Å²) in [4.78, 5) is 0. The Balaban J connectivity index is 0. The third kappa shape index (κ3) is 5.92. The van der Waals surface area contributed by atoms with Crippen LogP contribution < -0.4 is 5.32 Å². The predicted octanol–water partition coefficient (Wildman–Crippen LogP) is 2.68. The Morgan fingerprint density at radius 3 is 2.15 bits per heavy atom. The summed E-state index contributed by atoms with van der Waals surface area (Å²) in [6, 6.07) is 11.1. The van der Waals surface area contributed by atoms with Crippen LogP contribution in [0.3, 0.4) is 0 Å². The van der Waals surface area contributed by atoms with E-state index in [1.54, 1.807) is 0 Å². The van der Waals surface area contributed by atoms with Crippen LogP contribution in [0.2, 0.25) is 0 Å². The molecule has 1 aromatic rings. The Morgan fingerprint density at radius 2 is 1.69 bits per heavy atom. The molecule has 0 aromatic heterocycles. The molecule has 0 radical (unpaired) electrons. The topological polar surface area (TPSA) is 12.0 Å². The fourth-order valence-corrected chi connectivity index (χ4v) is 1.07. The molecule has 0 saturated heterocycles. The Morgan fingerprint density at radius 1 is 1.15 bits per heavy atom. The maximum absolute atomic E-state index is 3.21. The average molecular weight is 222 g/mol. The monoisotopic (exact) mass is 221 g/mol. The first-order valence-electron chi connectivity index (χ1n) is 4.04. The summed E-state index contributed by atoms with van der Waals surface area (Å²) in [6.07, 6.45) is 1.11. The molecule has 13 heavy (non-hydrogen) atoms. The summed E-state index contributed by atoms with van der Waals surface area (Å²) in [5, 5.41) is 3.21. The highest BCUT2D eigenvalue weighted by Gasteiger charge is 1.97. The lowest BCUT2D eigenvalue weighted by molar-refractivity contribution is 0.608. The lowest BCUT2D eigenvalue weighted by Crippen LogP contribution is -2.23. The third-order valence-electron chi connectivity index (χ3n) is 1.88. The standard InChI is InChI=1S/C10H15N.2ClH/c1-9(11-2)8-10-6-4-3-5-7-10;;/h3-7,9,11H,8H2,1-2H3;2*1H. The van der Waals surface area contributed by atoms with Crippen LogP contribution in [-0.4, -0.2) is 13.1 Å². The van der Waals surface area contributed by atoms with Gasteiger partial charge in [-0.25, -0.2) is 0 Å². The lowest BCUT2D eigenvalue weighted by atomic mass is 10.1. The molecule has 0 aliphatic heterocycles. The Hall–Kier alpha value is -0.240. The van der Waals surface area contributed by atoms with E-state index in [1.165, 1.54) is 5.56 Å². The highest BCUT2D eigenvalue weighted by Crippen LogP contribution is 2.01. The molecule has 1 rings (SSSR count). The van der Waals surface area contributed by atoms with Crippen molar-refractivity contribution in [3.63, 3.8) is 0 Å². The van der Waals surface area contributed by atoms with Crippen LogP contribution in [-0.2, 0) is 6.42 Å². The van der Waals surface area contributed by atoms with Gasteiger partial charge in [-0.1, -0.05) is 30.3 Å². The van der Waals surface area contributed by atoms with E-state index in [9.17, 15) is 0 Å². The predicted molar refractivity (Wildman–Crippen MR) is 63.2 cm³/mol. The highest BCUT2D eigenvalue weighted by atomic mass is 35.5. The van der Waals surface area contributed by atoms with E-state index in [0.717, 1.165) is 6.42 Å². The molecule has 1 unspecified atom stereocenters. The van der Waals surface area contributed by atoms with E-state index in [0.29, 0.717) is 6.04 Å². The molecule has 1 atom stereocenters. The second-order valence-electron chi connectivity index (χ2n) is 2.88. The van der Waals surface area contributed by atoms with E-state index in [-0.39, 0.29) is 24.8 Å². The molecule has 0 spiro atoms. The van der Waals surface area contributed by atoms with Crippen LogP contribution in [0.25, 0.3) is 0 Å². The van der Waals surface area contributed by atoms with E-state index < -0.39 is 0 Å². The fourth-order valence-electron chi connectivity index (χ4n) is 1.07. The van der Waals surface area contributed by atoms with Crippen molar-refractivity contribution < 1.29 is 0 Å². The zero-order valence-electron chi connectivity index (χ0n) is 7.99. The number of likely N-dealkylation sites (N-methyl/N-ethyl adjacent to an activating group) is 1. The Labute approximate surface area is 92.7 Å². The average Bonchev–Trinajstić information content (AvgIpc) is 2.06. The lowest BCUT2D eigenvalue weighted by Gasteiger charge is -2.08.